The van der Waals surface area contributed by atoms with Gasteiger partial charge in [0.25, 0.3) is 5.91 Å². The van der Waals surface area contributed by atoms with E-state index in [9.17, 15) is 4.79 Å². The van der Waals surface area contributed by atoms with E-state index in [4.69, 9.17) is 4.42 Å². The molecule has 0 bridgehead atoms. The Bertz CT molecular complexity index is 644. The molecular formula is C15H20N4O2. The van der Waals surface area contributed by atoms with Crippen LogP contribution in [0, 0.1) is 6.92 Å². The van der Waals surface area contributed by atoms with Crippen molar-refractivity contribution in [3.05, 3.63) is 35.3 Å². The number of hydrogen-bond acceptors (Lipinski definition) is 4. The van der Waals surface area contributed by atoms with Crippen molar-refractivity contribution in [2.24, 2.45) is 0 Å². The van der Waals surface area contributed by atoms with Crippen molar-refractivity contribution in [1.29, 1.82) is 0 Å². The van der Waals surface area contributed by atoms with Gasteiger partial charge in [0.2, 0.25) is 0 Å². The summed E-state index contributed by atoms with van der Waals surface area (Å²) in [5.41, 5.74) is 0.833. The highest BCUT2D eigenvalue weighted by atomic mass is 16.3. The number of aryl methyl sites for hydroxylation is 2. The van der Waals surface area contributed by atoms with Crippen LogP contribution in [0.25, 0.3) is 0 Å². The molecule has 3 rings (SSSR count). The second-order valence-electron chi connectivity index (χ2n) is 5.56. The number of fused-ring (bicyclic) bond motifs is 1. The molecule has 0 aliphatic carbocycles. The van der Waals surface area contributed by atoms with Crippen LogP contribution in [0.3, 0.4) is 0 Å². The average Bonchev–Trinajstić information content (AvgIpc) is 2.99. The third-order valence-corrected chi connectivity index (χ3v) is 3.94. The number of carbonyl (C=O) groups is 1. The molecule has 6 nitrogen and oxygen atoms in total. The second-order valence-corrected chi connectivity index (χ2v) is 5.56. The molecule has 0 saturated heterocycles. The lowest BCUT2D eigenvalue weighted by molar-refractivity contribution is 0.0908. The fraction of sp³-hybridized carbons (Fsp3) is 0.533. The molecule has 6 heteroatoms. The quantitative estimate of drug-likeness (QED) is 0.941. The Morgan fingerprint density at radius 1 is 1.38 bits per heavy atom. The maximum Gasteiger partial charge on any atom is 0.287 e. The first kappa shape index (κ1) is 13.9. The third kappa shape index (κ3) is 2.70. The van der Waals surface area contributed by atoms with Crippen molar-refractivity contribution >= 4 is 5.91 Å². The number of furan rings is 1. The van der Waals surface area contributed by atoms with Gasteiger partial charge < -0.3 is 14.3 Å². The highest BCUT2D eigenvalue weighted by Crippen LogP contribution is 2.19. The molecule has 2 aromatic rings. The Balaban J connectivity index is 1.77. The van der Waals surface area contributed by atoms with Gasteiger partial charge in [0.1, 0.15) is 5.82 Å². The Kier molecular flexibility index (Phi) is 3.77. The standard InChI is InChI=1S/C15H20N4O2/c1-10-7-9-21-13(10)15(20)16-11(2)14-18-17-12-6-4-3-5-8-19(12)14/h7,9,11H,3-6,8H2,1-2H3,(H,16,20)/t11-/m0/s1. The van der Waals surface area contributed by atoms with Gasteiger partial charge in [0.05, 0.1) is 12.3 Å². The molecule has 0 spiro atoms. The van der Waals surface area contributed by atoms with Crippen LogP contribution in [0.15, 0.2) is 16.7 Å². The molecule has 0 aromatic carbocycles. The fourth-order valence-corrected chi connectivity index (χ4v) is 2.76. The summed E-state index contributed by atoms with van der Waals surface area (Å²) in [6.45, 7) is 4.71. The summed E-state index contributed by atoms with van der Waals surface area (Å²) in [7, 11) is 0. The number of rotatable bonds is 3. The van der Waals surface area contributed by atoms with Gasteiger partial charge in [0.15, 0.2) is 11.6 Å². The lowest BCUT2D eigenvalue weighted by atomic mass is 10.2. The summed E-state index contributed by atoms with van der Waals surface area (Å²) < 4.78 is 7.37. The Hall–Kier alpha value is -2.11. The van der Waals surface area contributed by atoms with Crippen molar-refractivity contribution in [3.8, 4) is 0 Å². The summed E-state index contributed by atoms with van der Waals surface area (Å²) in [6, 6.07) is 1.59. The SMILES string of the molecule is Cc1ccoc1C(=O)N[C@@H](C)c1nnc2n1CCCCC2. The Labute approximate surface area is 123 Å². The van der Waals surface area contributed by atoms with Crippen molar-refractivity contribution in [2.45, 2.75) is 52.1 Å². The Morgan fingerprint density at radius 2 is 2.24 bits per heavy atom. The predicted molar refractivity (Wildman–Crippen MR) is 76.9 cm³/mol. The van der Waals surface area contributed by atoms with Gasteiger partial charge in [-0.05, 0) is 32.8 Å². The molecule has 1 amide bonds. The minimum Gasteiger partial charge on any atom is -0.459 e. The van der Waals surface area contributed by atoms with E-state index in [1.165, 1.54) is 12.7 Å². The van der Waals surface area contributed by atoms with E-state index in [0.29, 0.717) is 5.76 Å². The van der Waals surface area contributed by atoms with E-state index in [2.05, 4.69) is 20.1 Å². The largest absolute Gasteiger partial charge is 0.459 e. The lowest BCUT2D eigenvalue weighted by Crippen LogP contribution is -2.29. The first-order chi connectivity index (χ1) is 10.2. The van der Waals surface area contributed by atoms with Crippen LogP contribution < -0.4 is 5.32 Å². The highest BCUT2D eigenvalue weighted by molar-refractivity contribution is 5.92. The van der Waals surface area contributed by atoms with Crippen LogP contribution in [0.1, 0.15) is 60.0 Å². The molecule has 2 aromatic heterocycles. The lowest BCUT2D eigenvalue weighted by Gasteiger charge is -2.14. The molecule has 0 saturated carbocycles. The zero-order chi connectivity index (χ0) is 14.8. The minimum atomic E-state index is -0.212. The molecule has 1 aliphatic rings. The van der Waals surface area contributed by atoms with Crippen molar-refractivity contribution in [1.82, 2.24) is 20.1 Å². The van der Waals surface area contributed by atoms with Crippen LogP contribution in [-0.2, 0) is 13.0 Å². The maximum atomic E-state index is 12.2. The highest BCUT2D eigenvalue weighted by Gasteiger charge is 2.22. The number of hydrogen-bond donors (Lipinski definition) is 1. The maximum absolute atomic E-state index is 12.2. The Morgan fingerprint density at radius 3 is 3.00 bits per heavy atom. The molecule has 112 valence electrons. The zero-order valence-electron chi connectivity index (χ0n) is 12.4. The van der Waals surface area contributed by atoms with Crippen LogP contribution in [0.2, 0.25) is 0 Å². The van der Waals surface area contributed by atoms with Gasteiger partial charge in [-0.25, -0.2) is 0 Å². The van der Waals surface area contributed by atoms with Crippen molar-refractivity contribution < 1.29 is 9.21 Å². The summed E-state index contributed by atoms with van der Waals surface area (Å²) in [4.78, 5) is 12.2. The molecule has 0 radical (unpaired) electrons. The molecule has 1 N–H and O–H groups in total. The summed E-state index contributed by atoms with van der Waals surface area (Å²) in [5.74, 6) is 2.00. The van der Waals surface area contributed by atoms with Gasteiger partial charge in [-0.1, -0.05) is 6.42 Å². The topological polar surface area (TPSA) is 73.0 Å². The van der Waals surface area contributed by atoms with Crippen LogP contribution >= 0.6 is 0 Å². The van der Waals surface area contributed by atoms with Crippen LogP contribution in [-0.4, -0.2) is 20.7 Å². The number of aromatic nitrogens is 3. The van der Waals surface area contributed by atoms with Gasteiger partial charge >= 0.3 is 0 Å². The van der Waals surface area contributed by atoms with Gasteiger partial charge in [-0.2, -0.15) is 0 Å². The first-order valence-corrected chi connectivity index (χ1v) is 7.43. The summed E-state index contributed by atoms with van der Waals surface area (Å²) in [5, 5.41) is 11.5. The number of nitrogens with zero attached hydrogens (tertiary/aromatic N) is 3. The summed E-state index contributed by atoms with van der Waals surface area (Å²) >= 11 is 0. The average molecular weight is 288 g/mol. The first-order valence-electron chi connectivity index (χ1n) is 7.43. The van der Waals surface area contributed by atoms with Gasteiger partial charge in [-0.3, -0.25) is 4.79 Å². The normalized spacial score (nSPS) is 16.1. The van der Waals surface area contributed by atoms with Crippen LogP contribution in [0.5, 0.6) is 0 Å². The molecule has 21 heavy (non-hydrogen) atoms. The van der Waals surface area contributed by atoms with E-state index in [1.54, 1.807) is 6.07 Å². The number of carbonyl (C=O) groups excluding carboxylic acids is 1. The monoisotopic (exact) mass is 288 g/mol. The van der Waals surface area contributed by atoms with E-state index in [-0.39, 0.29) is 11.9 Å². The molecule has 1 atom stereocenters. The minimum absolute atomic E-state index is 0.193. The van der Waals surface area contributed by atoms with Gasteiger partial charge in [0, 0.05) is 18.5 Å². The van der Waals surface area contributed by atoms with Crippen LogP contribution in [0.4, 0.5) is 0 Å². The third-order valence-electron chi connectivity index (χ3n) is 3.94. The van der Waals surface area contributed by atoms with E-state index >= 15 is 0 Å². The van der Waals surface area contributed by atoms with E-state index in [0.717, 1.165) is 43.0 Å². The molecule has 0 fully saturated rings. The molecule has 0 unspecified atom stereocenters. The van der Waals surface area contributed by atoms with Crippen molar-refractivity contribution in [3.63, 3.8) is 0 Å². The van der Waals surface area contributed by atoms with Gasteiger partial charge in [-0.15, -0.1) is 10.2 Å². The number of amides is 1. The van der Waals surface area contributed by atoms with E-state index < -0.39 is 0 Å². The van der Waals surface area contributed by atoms with Crippen molar-refractivity contribution in [2.75, 3.05) is 0 Å². The summed E-state index contributed by atoms with van der Waals surface area (Å²) in [6.07, 6.45) is 6.00. The molecular weight excluding hydrogens is 268 g/mol. The fourth-order valence-electron chi connectivity index (χ4n) is 2.76. The molecule has 3 heterocycles. The smallest absolute Gasteiger partial charge is 0.287 e. The molecule has 1 aliphatic heterocycles. The zero-order valence-corrected chi connectivity index (χ0v) is 12.4. The van der Waals surface area contributed by atoms with E-state index in [1.807, 2.05) is 13.8 Å². The number of nitrogens with one attached hydrogen (secondary N) is 1. The predicted octanol–water partition coefficient (Wildman–Crippen LogP) is 2.40. The second kappa shape index (κ2) is 5.71.